The van der Waals surface area contributed by atoms with Gasteiger partial charge >= 0.3 is 5.97 Å². The molecule has 3 aromatic rings. The molecule has 1 aliphatic heterocycles. The van der Waals surface area contributed by atoms with Gasteiger partial charge in [0.15, 0.2) is 5.82 Å². The first-order valence-corrected chi connectivity index (χ1v) is 9.10. The molecule has 2 aromatic carbocycles. The molecule has 0 amide bonds. The van der Waals surface area contributed by atoms with E-state index in [1.165, 1.54) is 0 Å². The highest BCUT2D eigenvalue weighted by Gasteiger charge is 2.37. The normalized spacial score (nSPS) is 15.9. The van der Waals surface area contributed by atoms with E-state index in [1.54, 1.807) is 13.1 Å². The average Bonchev–Trinajstić information content (AvgIpc) is 3.16. The van der Waals surface area contributed by atoms with Crippen molar-refractivity contribution in [2.75, 3.05) is 11.9 Å². The van der Waals surface area contributed by atoms with E-state index in [2.05, 4.69) is 15.5 Å². The van der Waals surface area contributed by atoms with E-state index in [9.17, 15) is 4.79 Å². The van der Waals surface area contributed by atoms with E-state index < -0.39 is 0 Å². The van der Waals surface area contributed by atoms with Crippen LogP contribution in [-0.4, -0.2) is 22.8 Å². The second kappa shape index (κ2) is 7.29. The molecular weight excluding hydrogens is 362 g/mol. The molecule has 2 N–H and O–H groups in total. The third-order valence-corrected chi connectivity index (χ3v) is 4.90. The highest BCUT2D eigenvalue weighted by atomic mass is 35.5. The quantitative estimate of drug-likeness (QED) is 0.650. The van der Waals surface area contributed by atoms with Crippen LogP contribution in [0.15, 0.2) is 66.4 Å². The number of carbonyl (C=O) groups is 1. The Morgan fingerprint density at radius 3 is 2.59 bits per heavy atom. The molecule has 136 valence electrons. The standard InChI is InChI=1S/C21H18ClN3O2/c1-2-27-21(26)18-17(14-10-6-7-11-16(14)22)15-12-23-25-20(15)24-19(18)13-8-4-3-5-9-13/h3-12,17H,2H2,1H3,(H2,23,24,25). The molecule has 1 aliphatic rings. The zero-order valence-electron chi connectivity index (χ0n) is 14.7. The summed E-state index contributed by atoms with van der Waals surface area (Å²) in [6, 6.07) is 17.2. The summed E-state index contributed by atoms with van der Waals surface area (Å²) in [7, 11) is 0. The lowest BCUT2D eigenvalue weighted by Gasteiger charge is -2.29. The lowest BCUT2D eigenvalue weighted by molar-refractivity contribution is -0.138. The summed E-state index contributed by atoms with van der Waals surface area (Å²) in [4.78, 5) is 13.0. The fourth-order valence-corrected chi connectivity index (χ4v) is 3.64. The van der Waals surface area contributed by atoms with Gasteiger partial charge in [-0.2, -0.15) is 5.10 Å². The SMILES string of the molecule is CCOC(=O)C1=C(c2ccccc2)Nc2n[nH]cc2C1c1ccccc1Cl. The first-order chi connectivity index (χ1) is 13.2. The molecule has 0 fully saturated rings. The molecule has 1 atom stereocenters. The smallest absolute Gasteiger partial charge is 0.337 e. The fourth-order valence-electron chi connectivity index (χ4n) is 3.40. The van der Waals surface area contributed by atoms with Crippen LogP contribution in [0.2, 0.25) is 5.02 Å². The number of carbonyl (C=O) groups excluding carboxylic acids is 1. The molecule has 0 aliphatic carbocycles. The number of ether oxygens (including phenoxy) is 1. The summed E-state index contributed by atoms with van der Waals surface area (Å²) < 4.78 is 5.41. The maximum Gasteiger partial charge on any atom is 0.337 e. The van der Waals surface area contributed by atoms with Crippen LogP contribution >= 0.6 is 11.6 Å². The van der Waals surface area contributed by atoms with Gasteiger partial charge in [-0.05, 0) is 24.1 Å². The van der Waals surface area contributed by atoms with E-state index >= 15 is 0 Å². The van der Waals surface area contributed by atoms with Crippen LogP contribution in [0.3, 0.4) is 0 Å². The Morgan fingerprint density at radius 1 is 1.11 bits per heavy atom. The number of H-pyrrole nitrogens is 1. The van der Waals surface area contributed by atoms with Crippen LogP contribution in [-0.2, 0) is 9.53 Å². The average molecular weight is 380 g/mol. The Balaban J connectivity index is 1.99. The third-order valence-electron chi connectivity index (χ3n) is 4.56. The molecule has 4 rings (SSSR count). The molecule has 2 heterocycles. The second-order valence-electron chi connectivity index (χ2n) is 6.14. The van der Waals surface area contributed by atoms with Gasteiger partial charge in [0.05, 0.1) is 17.9 Å². The molecule has 0 radical (unpaired) electrons. The van der Waals surface area contributed by atoms with Crippen LogP contribution < -0.4 is 5.32 Å². The second-order valence-corrected chi connectivity index (χ2v) is 6.55. The highest BCUT2D eigenvalue weighted by Crippen LogP contribution is 2.45. The predicted molar refractivity (Wildman–Crippen MR) is 106 cm³/mol. The van der Waals surface area contributed by atoms with Gasteiger partial charge in [0, 0.05) is 22.7 Å². The van der Waals surface area contributed by atoms with Gasteiger partial charge in [0.2, 0.25) is 0 Å². The maximum absolute atomic E-state index is 13.0. The predicted octanol–water partition coefficient (Wildman–Crippen LogP) is 4.59. The van der Waals surface area contributed by atoms with Crippen molar-refractivity contribution in [1.29, 1.82) is 0 Å². The van der Waals surface area contributed by atoms with Crippen molar-refractivity contribution in [1.82, 2.24) is 10.2 Å². The highest BCUT2D eigenvalue weighted by molar-refractivity contribution is 6.31. The zero-order valence-corrected chi connectivity index (χ0v) is 15.5. The first kappa shape index (κ1) is 17.4. The summed E-state index contributed by atoms with van der Waals surface area (Å²) in [5.74, 6) is -0.0876. The van der Waals surface area contributed by atoms with Crippen molar-refractivity contribution in [2.45, 2.75) is 12.8 Å². The van der Waals surface area contributed by atoms with E-state index in [-0.39, 0.29) is 18.5 Å². The lowest BCUT2D eigenvalue weighted by atomic mass is 9.81. The summed E-state index contributed by atoms with van der Waals surface area (Å²) >= 11 is 6.51. The molecular formula is C21H18ClN3O2. The van der Waals surface area contributed by atoms with Gasteiger partial charge in [0.1, 0.15) is 0 Å². The van der Waals surface area contributed by atoms with Crippen LogP contribution in [0.1, 0.15) is 29.5 Å². The molecule has 27 heavy (non-hydrogen) atoms. The summed E-state index contributed by atoms with van der Waals surface area (Å²) in [5.41, 5.74) is 3.76. The minimum Gasteiger partial charge on any atom is -0.463 e. The molecule has 0 spiro atoms. The van der Waals surface area contributed by atoms with E-state index in [0.717, 1.165) is 16.7 Å². The number of fused-ring (bicyclic) bond motifs is 1. The number of aromatic nitrogens is 2. The number of hydrogen-bond acceptors (Lipinski definition) is 4. The zero-order chi connectivity index (χ0) is 18.8. The van der Waals surface area contributed by atoms with Crippen LogP contribution in [0.5, 0.6) is 0 Å². The number of aromatic amines is 1. The molecule has 1 unspecified atom stereocenters. The number of hydrogen-bond donors (Lipinski definition) is 2. The van der Waals surface area contributed by atoms with Gasteiger partial charge < -0.3 is 10.1 Å². The van der Waals surface area contributed by atoms with Gasteiger partial charge in [-0.1, -0.05) is 60.1 Å². The topological polar surface area (TPSA) is 67.0 Å². The maximum atomic E-state index is 13.0. The number of nitrogens with zero attached hydrogens (tertiary/aromatic N) is 1. The minimum atomic E-state index is -0.386. The molecule has 0 bridgehead atoms. The van der Waals surface area contributed by atoms with Crippen molar-refractivity contribution in [3.63, 3.8) is 0 Å². The van der Waals surface area contributed by atoms with Gasteiger partial charge in [-0.25, -0.2) is 4.79 Å². The van der Waals surface area contributed by atoms with Crippen molar-refractivity contribution >= 4 is 29.1 Å². The molecule has 5 nitrogen and oxygen atoms in total. The number of anilines is 1. The Bertz CT molecular complexity index is 1010. The lowest BCUT2D eigenvalue weighted by Crippen LogP contribution is -2.24. The van der Waals surface area contributed by atoms with Crippen molar-refractivity contribution in [3.8, 4) is 0 Å². The van der Waals surface area contributed by atoms with Gasteiger partial charge in [0.25, 0.3) is 0 Å². The summed E-state index contributed by atoms with van der Waals surface area (Å²) in [5, 5.41) is 11.1. The number of esters is 1. The van der Waals surface area contributed by atoms with E-state index in [0.29, 0.717) is 22.1 Å². The Kier molecular flexibility index (Phi) is 4.69. The molecule has 0 saturated carbocycles. The van der Waals surface area contributed by atoms with Gasteiger partial charge in [-0.3, -0.25) is 5.10 Å². The largest absolute Gasteiger partial charge is 0.463 e. The molecule has 1 aromatic heterocycles. The van der Waals surface area contributed by atoms with Crippen LogP contribution in [0.25, 0.3) is 5.70 Å². The molecule has 0 saturated heterocycles. The van der Waals surface area contributed by atoms with Crippen molar-refractivity contribution in [2.24, 2.45) is 0 Å². The molecule has 6 heteroatoms. The summed E-state index contributed by atoms with van der Waals surface area (Å²) in [6.45, 7) is 2.09. The van der Waals surface area contributed by atoms with E-state index in [1.807, 2.05) is 54.6 Å². The van der Waals surface area contributed by atoms with Gasteiger partial charge in [-0.15, -0.1) is 0 Å². The number of halogens is 1. The van der Waals surface area contributed by atoms with Crippen molar-refractivity contribution < 1.29 is 9.53 Å². The first-order valence-electron chi connectivity index (χ1n) is 8.72. The fraction of sp³-hybridized carbons (Fsp3) is 0.143. The van der Waals surface area contributed by atoms with Crippen LogP contribution in [0.4, 0.5) is 5.82 Å². The third kappa shape index (κ3) is 3.11. The number of benzene rings is 2. The Morgan fingerprint density at radius 2 is 1.85 bits per heavy atom. The number of nitrogens with one attached hydrogen (secondary N) is 2. The number of rotatable bonds is 4. The minimum absolute atomic E-state index is 0.290. The van der Waals surface area contributed by atoms with E-state index in [4.69, 9.17) is 16.3 Å². The Hall–Kier alpha value is -3.05. The summed E-state index contributed by atoms with van der Waals surface area (Å²) in [6.07, 6.45) is 1.79. The Labute approximate surface area is 162 Å². The monoisotopic (exact) mass is 379 g/mol. The van der Waals surface area contributed by atoms with Crippen LogP contribution in [0, 0.1) is 0 Å². The van der Waals surface area contributed by atoms with Crippen molar-refractivity contribution in [3.05, 3.63) is 88.1 Å².